The van der Waals surface area contributed by atoms with E-state index in [4.69, 9.17) is 34.8 Å². The summed E-state index contributed by atoms with van der Waals surface area (Å²) in [5.41, 5.74) is 0.693. The van der Waals surface area contributed by atoms with Crippen LogP contribution in [0.1, 0.15) is 0 Å². The van der Waals surface area contributed by atoms with Gasteiger partial charge < -0.3 is 4.90 Å². The molecule has 0 aliphatic rings. The van der Waals surface area contributed by atoms with Crippen LogP contribution in [-0.2, 0) is 0 Å². The van der Waals surface area contributed by atoms with Crippen LogP contribution in [-0.4, -0.2) is 19.1 Å². The fourth-order valence-corrected chi connectivity index (χ4v) is 1.66. The third-order valence-electron chi connectivity index (χ3n) is 1.35. The fourth-order valence-electron chi connectivity index (χ4n) is 0.844. The highest BCUT2D eigenvalue weighted by atomic mass is 35.5. The van der Waals surface area contributed by atoms with Gasteiger partial charge in [0.25, 0.3) is 0 Å². The molecular weight excluding hydrogens is 218 g/mol. The molecule has 0 aromatic carbocycles. The number of hydrogen-bond donors (Lipinski definition) is 0. The molecular formula is C7H7Cl3N2. The van der Waals surface area contributed by atoms with E-state index in [1.54, 1.807) is 4.90 Å². The van der Waals surface area contributed by atoms with Gasteiger partial charge in [-0.1, -0.05) is 34.8 Å². The molecule has 0 radical (unpaired) electrons. The molecule has 12 heavy (non-hydrogen) atoms. The maximum Gasteiger partial charge on any atom is 0.149 e. The van der Waals surface area contributed by atoms with Crippen molar-refractivity contribution in [2.45, 2.75) is 0 Å². The van der Waals surface area contributed by atoms with E-state index in [1.807, 2.05) is 14.1 Å². The zero-order chi connectivity index (χ0) is 9.30. The summed E-state index contributed by atoms with van der Waals surface area (Å²) in [5.74, 6) is 0. The Labute approximate surface area is 86.1 Å². The first kappa shape index (κ1) is 9.90. The van der Waals surface area contributed by atoms with Crippen molar-refractivity contribution < 1.29 is 0 Å². The molecule has 0 bridgehead atoms. The van der Waals surface area contributed by atoms with Crippen LogP contribution in [0.15, 0.2) is 6.20 Å². The van der Waals surface area contributed by atoms with Gasteiger partial charge in [0.2, 0.25) is 0 Å². The third-order valence-corrected chi connectivity index (χ3v) is 2.37. The van der Waals surface area contributed by atoms with E-state index < -0.39 is 0 Å². The van der Waals surface area contributed by atoms with Crippen molar-refractivity contribution in [2.75, 3.05) is 19.0 Å². The average molecular weight is 226 g/mol. The number of hydrogen-bond acceptors (Lipinski definition) is 2. The maximum absolute atomic E-state index is 5.87. The fraction of sp³-hybridized carbons (Fsp3) is 0.286. The highest BCUT2D eigenvalue weighted by molar-refractivity contribution is 6.45. The van der Waals surface area contributed by atoms with Gasteiger partial charge >= 0.3 is 0 Å². The second kappa shape index (κ2) is 3.69. The van der Waals surface area contributed by atoms with Crippen LogP contribution in [0.4, 0.5) is 5.69 Å². The summed E-state index contributed by atoms with van der Waals surface area (Å²) in [6.07, 6.45) is 1.48. The minimum Gasteiger partial charge on any atom is -0.375 e. The summed E-state index contributed by atoms with van der Waals surface area (Å²) >= 11 is 17.4. The first-order valence-corrected chi connectivity index (χ1v) is 4.34. The molecule has 5 heteroatoms. The van der Waals surface area contributed by atoms with Gasteiger partial charge in [0, 0.05) is 20.3 Å². The summed E-state index contributed by atoms with van der Waals surface area (Å²) in [6, 6.07) is 0. The molecule has 0 saturated heterocycles. The van der Waals surface area contributed by atoms with Gasteiger partial charge in [0.15, 0.2) is 0 Å². The van der Waals surface area contributed by atoms with Crippen LogP contribution >= 0.6 is 34.8 Å². The summed E-state index contributed by atoms with van der Waals surface area (Å²) in [4.78, 5) is 5.59. The lowest BCUT2D eigenvalue weighted by molar-refractivity contribution is 1.12. The number of aromatic nitrogens is 1. The van der Waals surface area contributed by atoms with E-state index in [2.05, 4.69) is 4.98 Å². The summed E-state index contributed by atoms with van der Waals surface area (Å²) < 4.78 is 0. The van der Waals surface area contributed by atoms with Crippen molar-refractivity contribution in [1.82, 2.24) is 4.98 Å². The van der Waals surface area contributed by atoms with Crippen molar-refractivity contribution in [3.8, 4) is 0 Å². The first-order valence-electron chi connectivity index (χ1n) is 3.21. The Morgan fingerprint density at radius 1 is 1.25 bits per heavy atom. The molecule has 0 aliphatic heterocycles. The molecule has 1 aromatic rings. The van der Waals surface area contributed by atoms with Crippen molar-refractivity contribution in [2.24, 2.45) is 0 Å². The number of rotatable bonds is 1. The Kier molecular flexibility index (Phi) is 3.04. The van der Waals surface area contributed by atoms with Gasteiger partial charge in [-0.25, -0.2) is 4.98 Å². The van der Waals surface area contributed by atoms with Gasteiger partial charge in [-0.3, -0.25) is 0 Å². The van der Waals surface area contributed by atoms with Crippen molar-refractivity contribution in [3.05, 3.63) is 21.4 Å². The van der Waals surface area contributed by atoms with Crippen LogP contribution in [0.25, 0.3) is 0 Å². The largest absolute Gasteiger partial charge is 0.375 e. The van der Waals surface area contributed by atoms with E-state index in [0.29, 0.717) is 15.7 Å². The monoisotopic (exact) mass is 224 g/mol. The van der Waals surface area contributed by atoms with Crippen molar-refractivity contribution in [1.29, 1.82) is 0 Å². The molecule has 0 saturated carbocycles. The minimum atomic E-state index is 0.268. The summed E-state index contributed by atoms with van der Waals surface area (Å²) in [5, 5.41) is 1.15. The van der Waals surface area contributed by atoms with Crippen molar-refractivity contribution in [3.63, 3.8) is 0 Å². The Balaban J connectivity index is 3.33. The second-order valence-electron chi connectivity index (χ2n) is 2.45. The normalized spacial score (nSPS) is 10.1. The lowest BCUT2D eigenvalue weighted by Gasteiger charge is -2.15. The Morgan fingerprint density at radius 3 is 2.25 bits per heavy atom. The predicted molar refractivity (Wildman–Crippen MR) is 53.6 cm³/mol. The lowest BCUT2D eigenvalue weighted by atomic mass is 10.4. The van der Waals surface area contributed by atoms with Gasteiger partial charge in [0.05, 0.1) is 10.7 Å². The van der Waals surface area contributed by atoms with Crippen LogP contribution in [0.2, 0.25) is 15.2 Å². The second-order valence-corrected chi connectivity index (χ2v) is 3.60. The Hall–Kier alpha value is -0.180. The van der Waals surface area contributed by atoms with E-state index in [-0.39, 0.29) is 5.15 Å². The number of halogens is 3. The summed E-state index contributed by atoms with van der Waals surface area (Å²) in [6.45, 7) is 0. The van der Waals surface area contributed by atoms with Crippen LogP contribution in [0.3, 0.4) is 0 Å². The molecule has 0 spiro atoms. The van der Waals surface area contributed by atoms with Gasteiger partial charge in [-0.15, -0.1) is 0 Å². The Morgan fingerprint density at radius 2 is 1.83 bits per heavy atom. The van der Waals surface area contributed by atoms with Gasteiger partial charge in [-0.05, 0) is 0 Å². The lowest BCUT2D eigenvalue weighted by Crippen LogP contribution is -2.10. The van der Waals surface area contributed by atoms with Gasteiger partial charge in [-0.2, -0.15) is 0 Å². The molecule has 1 heterocycles. The van der Waals surface area contributed by atoms with E-state index in [1.165, 1.54) is 6.20 Å². The highest BCUT2D eigenvalue weighted by Crippen LogP contribution is 2.35. The van der Waals surface area contributed by atoms with Crippen LogP contribution in [0.5, 0.6) is 0 Å². The quantitative estimate of drug-likeness (QED) is 0.683. The van der Waals surface area contributed by atoms with Crippen LogP contribution < -0.4 is 4.90 Å². The molecule has 0 unspecified atom stereocenters. The molecule has 0 aliphatic carbocycles. The average Bonchev–Trinajstić information content (AvgIpc) is 1.97. The first-order chi connectivity index (χ1) is 5.54. The topological polar surface area (TPSA) is 16.1 Å². The third kappa shape index (κ3) is 1.76. The SMILES string of the molecule is CN(C)c1c(Cl)cnc(Cl)c1Cl. The van der Waals surface area contributed by atoms with E-state index in [0.717, 1.165) is 0 Å². The molecule has 1 rings (SSSR count). The molecule has 66 valence electrons. The number of nitrogens with zero attached hydrogens (tertiary/aromatic N) is 2. The maximum atomic E-state index is 5.87. The highest BCUT2D eigenvalue weighted by Gasteiger charge is 2.11. The summed E-state index contributed by atoms with van der Waals surface area (Å²) in [7, 11) is 3.67. The predicted octanol–water partition coefficient (Wildman–Crippen LogP) is 3.11. The molecule has 2 nitrogen and oxygen atoms in total. The van der Waals surface area contributed by atoms with Gasteiger partial charge in [0.1, 0.15) is 10.2 Å². The number of pyridine rings is 1. The molecule has 0 N–H and O–H groups in total. The van der Waals surface area contributed by atoms with Crippen LogP contribution in [0, 0.1) is 0 Å². The minimum absolute atomic E-state index is 0.268. The molecule has 0 fully saturated rings. The van der Waals surface area contributed by atoms with E-state index >= 15 is 0 Å². The smallest absolute Gasteiger partial charge is 0.149 e. The number of anilines is 1. The van der Waals surface area contributed by atoms with Crippen molar-refractivity contribution >= 4 is 40.5 Å². The molecule has 1 aromatic heterocycles. The van der Waals surface area contributed by atoms with E-state index in [9.17, 15) is 0 Å². The standard InChI is InChI=1S/C7H7Cl3N2/c1-12(2)6-4(8)3-11-7(10)5(6)9/h3H,1-2H3. The zero-order valence-electron chi connectivity index (χ0n) is 6.61. The Bertz CT molecular complexity index is 299. The zero-order valence-corrected chi connectivity index (χ0v) is 8.87. The molecule has 0 amide bonds. The molecule has 0 atom stereocenters.